The molecule has 1 unspecified atom stereocenters. The minimum atomic E-state index is -0.194. The molecule has 0 fully saturated rings. The smallest absolute Gasteiger partial charge is 0.0677 e. The van der Waals surface area contributed by atoms with Gasteiger partial charge < -0.3 is 0 Å². The molecule has 2 aromatic carbocycles. The van der Waals surface area contributed by atoms with E-state index in [9.17, 15) is 0 Å². The van der Waals surface area contributed by atoms with E-state index in [2.05, 4.69) is 26.0 Å². The van der Waals surface area contributed by atoms with Crippen LogP contribution in [0.25, 0.3) is 0 Å². The van der Waals surface area contributed by atoms with Gasteiger partial charge in [-0.25, -0.2) is 0 Å². The summed E-state index contributed by atoms with van der Waals surface area (Å²) in [6.45, 7) is 4.25. The third-order valence-corrected chi connectivity index (χ3v) is 4.92. The first kappa shape index (κ1) is 14.7. The summed E-state index contributed by atoms with van der Waals surface area (Å²) in [5.41, 5.74) is 1.98. The van der Waals surface area contributed by atoms with Crippen LogP contribution in [-0.4, -0.2) is 0 Å². The molecule has 0 N–H and O–H groups in total. The Morgan fingerprint density at radius 3 is 2.11 bits per heavy atom. The maximum absolute atomic E-state index is 6.65. The van der Waals surface area contributed by atoms with Crippen LogP contribution in [-0.2, 0) is 5.41 Å². The van der Waals surface area contributed by atoms with E-state index in [0.29, 0.717) is 10.0 Å². The van der Waals surface area contributed by atoms with Crippen LogP contribution in [0, 0.1) is 0 Å². The van der Waals surface area contributed by atoms with Gasteiger partial charge in [-0.05, 0) is 23.3 Å². The Morgan fingerprint density at radius 2 is 1.53 bits per heavy atom. The van der Waals surface area contributed by atoms with Crippen LogP contribution in [0.3, 0.4) is 0 Å². The van der Waals surface area contributed by atoms with Crippen molar-refractivity contribution in [2.45, 2.75) is 24.6 Å². The molecule has 1 atom stereocenters. The van der Waals surface area contributed by atoms with Crippen molar-refractivity contribution in [1.29, 1.82) is 0 Å². The van der Waals surface area contributed by atoms with E-state index in [0.717, 1.165) is 5.56 Å². The van der Waals surface area contributed by atoms with Crippen molar-refractivity contribution in [3.05, 3.63) is 69.7 Å². The lowest BCUT2D eigenvalue weighted by Crippen LogP contribution is -2.23. The second-order valence-corrected chi connectivity index (χ2v) is 6.37. The van der Waals surface area contributed by atoms with Crippen molar-refractivity contribution >= 4 is 34.8 Å². The predicted molar refractivity (Wildman–Crippen MR) is 84.5 cm³/mol. The van der Waals surface area contributed by atoms with Gasteiger partial charge in [-0.2, -0.15) is 0 Å². The first-order chi connectivity index (χ1) is 8.93. The Labute approximate surface area is 129 Å². The lowest BCUT2D eigenvalue weighted by Gasteiger charge is -2.31. The zero-order valence-electron chi connectivity index (χ0n) is 10.8. The maximum atomic E-state index is 6.65. The molecule has 0 aliphatic heterocycles. The standard InChI is InChI=1S/C16H15Cl3/c1-16(2,12-6-4-3-5-7-12)15(19)11-8-9-13(17)14(18)10-11/h3-10,15H,1-2H3. The van der Waals surface area contributed by atoms with E-state index in [1.165, 1.54) is 5.56 Å². The largest absolute Gasteiger partial charge is 0.117 e. The lowest BCUT2D eigenvalue weighted by molar-refractivity contribution is 0.504. The van der Waals surface area contributed by atoms with Crippen molar-refractivity contribution in [3.8, 4) is 0 Å². The van der Waals surface area contributed by atoms with Gasteiger partial charge in [-0.3, -0.25) is 0 Å². The Kier molecular flexibility index (Phi) is 4.45. The Bertz CT molecular complexity index is 561. The highest BCUT2D eigenvalue weighted by molar-refractivity contribution is 6.42. The summed E-state index contributed by atoms with van der Waals surface area (Å²) in [5.74, 6) is 0. The molecule has 0 saturated carbocycles. The molecule has 0 radical (unpaired) electrons. The van der Waals surface area contributed by atoms with Crippen molar-refractivity contribution < 1.29 is 0 Å². The van der Waals surface area contributed by atoms with E-state index in [-0.39, 0.29) is 10.8 Å². The maximum Gasteiger partial charge on any atom is 0.0677 e. The molecule has 0 heterocycles. The summed E-state index contributed by atoms with van der Waals surface area (Å²) >= 11 is 18.7. The van der Waals surface area contributed by atoms with E-state index in [1.807, 2.05) is 30.3 Å². The summed E-state index contributed by atoms with van der Waals surface area (Å²) in [6.07, 6.45) is 0. The van der Waals surface area contributed by atoms with E-state index in [1.54, 1.807) is 6.07 Å². The van der Waals surface area contributed by atoms with Crippen molar-refractivity contribution in [2.24, 2.45) is 0 Å². The molecular weight excluding hydrogens is 299 g/mol. The number of hydrogen-bond acceptors (Lipinski definition) is 0. The number of benzene rings is 2. The zero-order valence-corrected chi connectivity index (χ0v) is 13.1. The highest BCUT2D eigenvalue weighted by atomic mass is 35.5. The minimum Gasteiger partial charge on any atom is -0.117 e. The van der Waals surface area contributed by atoms with Crippen molar-refractivity contribution in [1.82, 2.24) is 0 Å². The fourth-order valence-electron chi connectivity index (χ4n) is 2.10. The molecule has 0 bridgehead atoms. The molecule has 0 aliphatic rings. The van der Waals surface area contributed by atoms with Crippen LogP contribution >= 0.6 is 34.8 Å². The minimum absolute atomic E-state index is 0.176. The van der Waals surface area contributed by atoms with Gasteiger partial charge in [0.15, 0.2) is 0 Å². The highest BCUT2D eigenvalue weighted by Crippen LogP contribution is 2.42. The van der Waals surface area contributed by atoms with Gasteiger partial charge >= 0.3 is 0 Å². The Morgan fingerprint density at radius 1 is 0.895 bits per heavy atom. The van der Waals surface area contributed by atoms with Crippen molar-refractivity contribution in [2.75, 3.05) is 0 Å². The summed E-state index contributed by atoms with van der Waals surface area (Å²) in [4.78, 5) is 0. The molecule has 2 rings (SSSR count). The second-order valence-electron chi connectivity index (χ2n) is 5.12. The molecular formula is C16H15Cl3. The van der Waals surface area contributed by atoms with Crippen LogP contribution in [0.2, 0.25) is 10.0 Å². The molecule has 0 aromatic heterocycles. The molecule has 19 heavy (non-hydrogen) atoms. The van der Waals surface area contributed by atoms with Gasteiger partial charge in [0, 0.05) is 5.41 Å². The average Bonchev–Trinajstić information content (AvgIpc) is 2.42. The fraction of sp³-hybridized carbons (Fsp3) is 0.250. The predicted octanol–water partition coefficient (Wildman–Crippen LogP) is 6.25. The number of alkyl halides is 1. The van der Waals surface area contributed by atoms with Gasteiger partial charge in [0.25, 0.3) is 0 Å². The van der Waals surface area contributed by atoms with Gasteiger partial charge in [0.05, 0.1) is 15.4 Å². The monoisotopic (exact) mass is 312 g/mol. The second kappa shape index (κ2) is 5.75. The topological polar surface area (TPSA) is 0 Å². The van der Waals surface area contributed by atoms with Crippen LogP contribution in [0.1, 0.15) is 30.4 Å². The average molecular weight is 314 g/mol. The van der Waals surface area contributed by atoms with Crippen LogP contribution in [0.5, 0.6) is 0 Å². The summed E-state index contributed by atoms with van der Waals surface area (Å²) in [6, 6.07) is 15.8. The molecule has 100 valence electrons. The van der Waals surface area contributed by atoms with E-state index >= 15 is 0 Å². The molecule has 0 nitrogen and oxygen atoms in total. The third-order valence-electron chi connectivity index (χ3n) is 3.39. The molecule has 0 amide bonds. The zero-order chi connectivity index (χ0) is 14.0. The molecule has 3 heteroatoms. The molecule has 0 spiro atoms. The summed E-state index contributed by atoms with van der Waals surface area (Å²) < 4.78 is 0. The normalized spacial score (nSPS) is 13.3. The van der Waals surface area contributed by atoms with Crippen molar-refractivity contribution in [3.63, 3.8) is 0 Å². The van der Waals surface area contributed by atoms with E-state index < -0.39 is 0 Å². The quantitative estimate of drug-likeness (QED) is 0.587. The Balaban J connectivity index is 2.37. The Hall–Kier alpha value is -0.690. The number of hydrogen-bond donors (Lipinski definition) is 0. The number of rotatable bonds is 3. The summed E-state index contributed by atoms with van der Waals surface area (Å²) in [5, 5.41) is 0.908. The van der Waals surface area contributed by atoms with Crippen LogP contribution in [0.4, 0.5) is 0 Å². The van der Waals surface area contributed by atoms with Gasteiger partial charge in [0.2, 0.25) is 0 Å². The SMILES string of the molecule is CC(C)(c1ccccc1)C(Cl)c1ccc(Cl)c(Cl)c1. The first-order valence-corrected chi connectivity index (χ1v) is 7.26. The van der Waals surface area contributed by atoms with Gasteiger partial charge in [-0.1, -0.05) is 73.4 Å². The highest BCUT2D eigenvalue weighted by Gasteiger charge is 2.31. The van der Waals surface area contributed by atoms with Crippen LogP contribution < -0.4 is 0 Å². The third kappa shape index (κ3) is 3.08. The van der Waals surface area contributed by atoms with Gasteiger partial charge in [0.1, 0.15) is 0 Å². The fourth-order valence-corrected chi connectivity index (χ4v) is 2.67. The summed E-state index contributed by atoms with van der Waals surface area (Å²) in [7, 11) is 0. The van der Waals surface area contributed by atoms with Crippen LogP contribution in [0.15, 0.2) is 48.5 Å². The lowest BCUT2D eigenvalue weighted by atomic mass is 9.79. The molecule has 0 aliphatic carbocycles. The molecule has 0 saturated heterocycles. The molecule has 2 aromatic rings. The van der Waals surface area contributed by atoms with Gasteiger partial charge in [-0.15, -0.1) is 11.6 Å². The number of halogens is 3. The van der Waals surface area contributed by atoms with E-state index in [4.69, 9.17) is 34.8 Å². The first-order valence-electron chi connectivity index (χ1n) is 6.07.